The summed E-state index contributed by atoms with van der Waals surface area (Å²) in [6.07, 6.45) is 3.80. The van der Waals surface area contributed by atoms with Gasteiger partial charge in [-0.15, -0.1) is 0 Å². The number of amides is 4. The first kappa shape index (κ1) is 41.1. The standard InChI is InChI=1S/C47H52N8O6/c1-28(2)40(52-46(58)60-3)44(56)54-22-8-12-38(54)42-48-26-36(50-42)30-16-14-29(15-17-30)32-18-19-34-25-35(21-20-33(34)24-32)37-27-49-43(51-37)39-13-9-23-55(39)45(57)41(53-47(59)61-4)31-10-6-5-7-11-31/h5-7,10-11,14-21,24-25,27-28,36,38-41H,8-9,12-13,22-23,26H2,1-4H3,(H,48,50)(H,49,51)(H,52,58)(H,53,59)/t36?,38-,39-,40-,41+/m0/s1. The Kier molecular flexibility index (Phi) is 12.0. The molecule has 5 atom stereocenters. The van der Waals surface area contributed by atoms with E-state index in [0.717, 1.165) is 70.2 Å². The number of H-pyrrole nitrogens is 1. The van der Waals surface area contributed by atoms with Gasteiger partial charge in [0.05, 0.1) is 50.8 Å². The van der Waals surface area contributed by atoms with Crippen molar-refractivity contribution in [2.45, 2.75) is 69.7 Å². The van der Waals surface area contributed by atoms with Crippen molar-refractivity contribution in [2.24, 2.45) is 10.9 Å². The highest BCUT2D eigenvalue weighted by Crippen LogP contribution is 2.35. The summed E-state index contributed by atoms with van der Waals surface area (Å²) in [7, 11) is 2.58. The van der Waals surface area contributed by atoms with E-state index in [1.807, 2.05) is 55.3 Å². The number of nitrogens with one attached hydrogen (secondary N) is 4. The molecule has 0 saturated carbocycles. The number of rotatable bonds is 11. The fraction of sp³-hybridized carbons (Fsp3) is 0.362. The largest absolute Gasteiger partial charge is 0.453 e. The van der Waals surface area contributed by atoms with Crippen LogP contribution in [0.15, 0.2) is 102 Å². The third kappa shape index (κ3) is 8.66. The van der Waals surface area contributed by atoms with Gasteiger partial charge in [0.15, 0.2) is 0 Å². The number of nitrogens with zero attached hydrogens (tertiary/aromatic N) is 4. The van der Waals surface area contributed by atoms with E-state index in [2.05, 4.69) is 81.6 Å². The Morgan fingerprint density at radius 2 is 1.36 bits per heavy atom. The lowest BCUT2D eigenvalue weighted by Gasteiger charge is -2.31. The summed E-state index contributed by atoms with van der Waals surface area (Å²) < 4.78 is 9.61. The smallest absolute Gasteiger partial charge is 0.407 e. The Balaban J connectivity index is 0.916. The van der Waals surface area contributed by atoms with Gasteiger partial charge in [-0.1, -0.05) is 92.7 Å². The van der Waals surface area contributed by atoms with Gasteiger partial charge in [0, 0.05) is 18.7 Å². The van der Waals surface area contributed by atoms with Crippen molar-refractivity contribution in [3.63, 3.8) is 0 Å². The Morgan fingerprint density at radius 1 is 0.738 bits per heavy atom. The predicted octanol–water partition coefficient (Wildman–Crippen LogP) is 7.07. The molecule has 14 heteroatoms. The summed E-state index contributed by atoms with van der Waals surface area (Å²) in [5.74, 6) is 1.11. The average molecular weight is 825 g/mol. The van der Waals surface area contributed by atoms with E-state index in [9.17, 15) is 19.2 Å². The molecule has 3 aliphatic rings. The number of aromatic nitrogens is 2. The van der Waals surface area contributed by atoms with Crippen molar-refractivity contribution >= 4 is 40.6 Å². The fourth-order valence-corrected chi connectivity index (χ4v) is 8.79. The van der Waals surface area contributed by atoms with Gasteiger partial charge >= 0.3 is 12.2 Å². The maximum Gasteiger partial charge on any atom is 0.407 e. The molecular formula is C47H52N8O6. The van der Waals surface area contributed by atoms with E-state index < -0.39 is 24.3 Å². The van der Waals surface area contributed by atoms with Gasteiger partial charge in [0.1, 0.15) is 23.7 Å². The van der Waals surface area contributed by atoms with E-state index in [1.54, 1.807) is 4.90 Å². The number of likely N-dealkylation sites (tertiary alicyclic amines) is 2. The monoisotopic (exact) mass is 824 g/mol. The van der Waals surface area contributed by atoms with Crippen LogP contribution in [0.4, 0.5) is 9.59 Å². The van der Waals surface area contributed by atoms with Crippen LogP contribution in [0.2, 0.25) is 0 Å². The molecule has 4 N–H and O–H groups in total. The van der Waals surface area contributed by atoms with Crippen LogP contribution < -0.4 is 16.0 Å². The number of amidine groups is 1. The third-order valence-corrected chi connectivity index (χ3v) is 12.1. The van der Waals surface area contributed by atoms with Crippen LogP contribution in [0.3, 0.4) is 0 Å². The van der Waals surface area contributed by atoms with Crippen molar-refractivity contribution in [2.75, 3.05) is 33.9 Å². The molecule has 0 aliphatic carbocycles. The number of ether oxygens (including phenoxy) is 2. The lowest BCUT2D eigenvalue weighted by atomic mass is 9.97. The van der Waals surface area contributed by atoms with Crippen LogP contribution in [0.25, 0.3) is 33.2 Å². The molecule has 4 heterocycles. The van der Waals surface area contributed by atoms with E-state index in [4.69, 9.17) is 19.5 Å². The van der Waals surface area contributed by atoms with E-state index >= 15 is 0 Å². The van der Waals surface area contributed by atoms with Crippen LogP contribution in [-0.4, -0.2) is 95.5 Å². The summed E-state index contributed by atoms with van der Waals surface area (Å²) >= 11 is 0. The second-order valence-electron chi connectivity index (χ2n) is 16.2. The highest BCUT2D eigenvalue weighted by atomic mass is 16.5. The Labute approximate surface area is 355 Å². The molecular weight excluding hydrogens is 773 g/mol. The quantitative estimate of drug-likeness (QED) is 0.110. The van der Waals surface area contributed by atoms with Gasteiger partial charge < -0.3 is 40.2 Å². The lowest BCUT2D eigenvalue weighted by Crippen LogP contribution is -2.54. The number of imidazole rings is 1. The number of benzene rings is 4. The molecule has 1 aromatic heterocycles. The maximum absolute atomic E-state index is 13.9. The Hall–Kier alpha value is -6.70. The summed E-state index contributed by atoms with van der Waals surface area (Å²) in [6.45, 7) is 5.58. The molecule has 0 bridgehead atoms. The third-order valence-electron chi connectivity index (χ3n) is 12.1. The molecule has 61 heavy (non-hydrogen) atoms. The number of hydrogen-bond donors (Lipinski definition) is 4. The van der Waals surface area contributed by atoms with E-state index in [-0.39, 0.29) is 35.9 Å². The molecule has 2 saturated heterocycles. The second kappa shape index (κ2) is 17.9. The average Bonchev–Trinajstić information content (AvgIpc) is 4.14. The molecule has 5 aromatic rings. The number of fused-ring (bicyclic) bond motifs is 1. The minimum absolute atomic E-state index is 0.000673. The zero-order valence-electron chi connectivity index (χ0n) is 34.9. The molecule has 1 unspecified atom stereocenters. The van der Waals surface area contributed by atoms with Crippen LogP contribution in [0.5, 0.6) is 0 Å². The van der Waals surface area contributed by atoms with Crippen molar-refractivity contribution in [3.8, 4) is 22.4 Å². The van der Waals surface area contributed by atoms with Gasteiger partial charge in [-0.25, -0.2) is 14.6 Å². The van der Waals surface area contributed by atoms with Crippen molar-refractivity contribution < 1.29 is 28.7 Å². The number of alkyl carbamates (subject to hydrolysis) is 2. The summed E-state index contributed by atoms with van der Waals surface area (Å²) in [5.41, 5.74) is 5.86. The predicted molar refractivity (Wildman–Crippen MR) is 232 cm³/mol. The minimum Gasteiger partial charge on any atom is -0.453 e. The maximum atomic E-state index is 13.9. The summed E-state index contributed by atoms with van der Waals surface area (Å²) in [6, 6.07) is 28.6. The van der Waals surface area contributed by atoms with Crippen molar-refractivity contribution in [1.82, 2.24) is 35.7 Å². The van der Waals surface area contributed by atoms with Crippen LogP contribution >= 0.6 is 0 Å². The van der Waals surface area contributed by atoms with Gasteiger partial charge in [-0.05, 0) is 76.8 Å². The first-order valence-electron chi connectivity index (χ1n) is 21.0. The molecule has 8 rings (SSSR count). The van der Waals surface area contributed by atoms with Crippen LogP contribution in [-0.2, 0) is 19.1 Å². The van der Waals surface area contributed by atoms with Crippen LogP contribution in [0, 0.1) is 5.92 Å². The van der Waals surface area contributed by atoms with Crippen molar-refractivity contribution in [3.05, 3.63) is 114 Å². The Morgan fingerprint density at radius 3 is 2.05 bits per heavy atom. The van der Waals surface area contributed by atoms with E-state index in [0.29, 0.717) is 31.0 Å². The molecule has 0 spiro atoms. The number of carbonyl (C=O) groups is 4. The minimum atomic E-state index is -0.879. The first-order chi connectivity index (χ1) is 29.6. The highest BCUT2D eigenvalue weighted by Gasteiger charge is 2.40. The summed E-state index contributed by atoms with van der Waals surface area (Å²) in [4.78, 5) is 68.5. The van der Waals surface area contributed by atoms with Crippen molar-refractivity contribution in [1.29, 1.82) is 0 Å². The molecule has 4 aromatic carbocycles. The zero-order chi connectivity index (χ0) is 42.6. The number of aromatic amines is 1. The summed E-state index contributed by atoms with van der Waals surface area (Å²) in [5, 5.41) is 11.2. The number of methoxy groups -OCH3 is 2. The van der Waals surface area contributed by atoms with Gasteiger partial charge in [0.2, 0.25) is 5.91 Å². The normalized spacial score (nSPS) is 19.6. The number of carbonyl (C=O) groups excluding carboxylic acids is 4. The molecule has 0 radical (unpaired) electrons. The molecule has 3 aliphatic heterocycles. The molecule has 4 amide bonds. The number of aliphatic imine (C=N–C) groups is 1. The van der Waals surface area contributed by atoms with Crippen LogP contribution in [0.1, 0.15) is 74.6 Å². The molecule has 2 fully saturated rings. The van der Waals surface area contributed by atoms with Gasteiger partial charge in [-0.2, -0.15) is 0 Å². The second-order valence-corrected chi connectivity index (χ2v) is 16.2. The zero-order valence-corrected chi connectivity index (χ0v) is 34.9. The van der Waals surface area contributed by atoms with E-state index in [1.165, 1.54) is 14.2 Å². The topological polar surface area (TPSA) is 170 Å². The molecule has 14 nitrogen and oxygen atoms in total. The first-order valence-corrected chi connectivity index (χ1v) is 21.0. The van der Waals surface area contributed by atoms with Gasteiger partial charge in [-0.3, -0.25) is 14.6 Å². The molecule has 316 valence electrons. The SMILES string of the molecule is COC(=O)N[C@H](C(=O)N1CCC[C@H]1C1=NCC(c2ccc(-c3ccc4cc(-c5cnc([C@@H]6CCCN6C(=O)[C@H](NC(=O)OC)c6ccccc6)[nH]5)ccc4c3)cc2)N1)C(C)C. The highest BCUT2D eigenvalue weighted by molar-refractivity contribution is 5.96. The number of hydrogen-bond acceptors (Lipinski definition) is 9. The fourth-order valence-electron chi connectivity index (χ4n) is 8.79. The lowest BCUT2D eigenvalue weighted by molar-refractivity contribution is -0.135. The van der Waals surface area contributed by atoms with Gasteiger partial charge in [0.25, 0.3) is 5.91 Å². The Bertz CT molecular complexity index is 2430.